The molecule has 0 unspecified atom stereocenters. The fraction of sp³-hybridized carbons (Fsp3) is 0.609. The number of hydrogen-bond acceptors (Lipinski definition) is 4. The van der Waals surface area contributed by atoms with Crippen LogP contribution < -0.4 is 5.32 Å². The van der Waals surface area contributed by atoms with Crippen molar-refractivity contribution < 1.29 is 23.5 Å². The Morgan fingerprint density at radius 2 is 2.03 bits per heavy atom. The van der Waals surface area contributed by atoms with Crippen LogP contribution in [-0.2, 0) is 25.5 Å². The molecule has 164 valence electrons. The van der Waals surface area contributed by atoms with Gasteiger partial charge in [0.25, 0.3) is 0 Å². The summed E-state index contributed by atoms with van der Waals surface area (Å²) in [4.78, 5) is 38.8. The molecule has 0 bridgehead atoms. The van der Waals surface area contributed by atoms with Gasteiger partial charge in [-0.05, 0) is 63.1 Å². The van der Waals surface area contributed by atoms with Crippen molar-refractivity contribution in [2.24, 2.45) is 0 Å². The molecule has 3 rings (SSSR count). The fourth-order valence-electron chi connectivity index (χ4n) is 4.62. The maximum absolute atomic E-state index is 13.2. The van der Waals surface area contributed by atoms with Gasteiger partial charge in [0.1, 0.15) is 5.82 Å². The molecule has 30 heavy (non-hydrogen) atoms. The Morgan fingerprint density at radius 3 is 2.70 bits per heavy atom. The third-order valence-corrected chi connectivity index (χ3v) is 6.16. The van der Waals surface area contributed by atoms with Crippen LogP contribution >= 0.6 is 0 Å². The number of benzene rings is 1. The van der Waals surface area contributed by atoms with Gasteiger partial charge < -0.3 is 15.0 Å². The van der Waals surface area contributed by atoms with E-state index >= 15 is 0 Å². The van der Waals surface area contributed by atoms with Crippen molar-refractivity contribution in [2.45, 2.75) is 76.3 Å². The van der Waals surface area contributed by atoms with Crippen LogP contribution in [0.15, 0.2) is 24.3 Å². The monoisotopic (exact) mass is 418 g/mol. The molecule has 2 saturated heterocycles. The number of nitrogens with one attached hydrogen (secondary N) is 1. The molecule has 0 saturated carbocycles. The number of ether oxygens (including phenoxy) is 1. The predicted molar refractivity (Wildman–Crippen MR) is 110 cm³/mol. The summed E-state index contributed by atoms with van der Waals surface area (Å²) < 4.78 is 18.3. The van der Waals surface area contributed by atoms with Gasteiger partial charge in [0.15, 0.2) is 0 Å². The number of rotatable bonds is 8. The average Bonchev–Trinajstić information content (AvgIpc) is 3.09. The van der Waals surface area contributed by atoms with Gasteiger partial charge in [-0.2, -0.15) is 0 Å². The Labute approximate surface area is 177 Å². The van der Waals surface area contributed by atoms with E-state index in [1.54, 1.807) is 19.1 Å². The van der Waals surface area contributed by atoms with E-state index in [9.17, 15) is 18.8 Å². The first-order valence-electron chi connectivity index (χ1n) is 10.9. The molecule has 0 radical (unpaired) electrons. The van der Waals surface area contributed by atoms with Gasteiger partial charge in [-0.3, -0.25) is 14.4 Å². The van der Waals surface area contributed by atoms with Crippen molar-refractivity contribution in [1.82, 2.24) is 10.2 Å². The predicted octanol–water partition coefficient (Wildman–Crippen LogP) is 3.13. The molecule has 6 nitrogen and oxygen atoms in total. The molecule has 2 amide bonds. The molecule has 0 aliphatic carbocycles. The smallest absolute Gasteiger partial charge is 0.307 e. The third kappa shape index (κ3) is 5.80. The summed E-state index contributed by atoms with van der Waals surface area (Å²) in [6.07, 6.45) is 5.46. The lowest BCUT2D eigenvalue weighted by atomic mass is 9.84. The lowest BCUT2D eigenvalue weighted by Gasteiger charge is -2.36. The molecule has 2 heterocycles. The topological polar surface area (TPSA) is 75.7 Å². The molecule has 7 heteroatoms. The largest absolute Gasteiger partial charge is 0.466 e. The number of piperidine rings is 1. The second-order valence-electron chi connectivity index (χ2n) is 8.38. The Balaban J connectivity index is 1.63. The minimum absolute atomic E-state index is 0.0114. The SMILES string of the molecule is CCOC(=O)C[C@@H]1CCCCN1C(=O)CC[C@@]1(Cc2ccc(F)cc2)CCC(=O)N1. The normalized spacial score (nSPS) is 23.9. The molecule has 1 N–H and O–H groups in total. The van der Waals surface area contributed by atoms with E-state index in [-0.39, 0.29) is 36.1 Å². The van der Waals surface area contributed by atoms with Crippen molar-refractivity contribution >= 4 is 17.8 Å². The van der Waals surface area contributed by atoms with Gasteiger partial charge in [-0.1, -0.05) is 12.1 Å². The first-order valence-corrected chi connectivity index (χ1v) is 10.9. The number of likely N-dealkylation sites (tertiary alicyclic amines) is 1. The number of amides is 2. The highest BCUT2D eigenvalue weighted by atomic mass is 19.1. The van der Waals surface area contributed by atoms with E-state index in [0.717, 1.165) is 24.8 Å². The molecule has 2 aliphatic rings. The molecule has 0 aromatic heterocycles. The average molecular weight is 419 g/mol. The number of esters is 1. The Hall–Kier alpha value is -2.44. The van der Waals surface area contributed by atoms with Crippen molar-refractivity contribution in [3.63, 3.8) is 0 Å². The van der Waals surface area contributed by atoms with Gasteiger partial charge in [0, 0.05) is 31.0 Å². The van der Waals surface area contributed by atoms with Crippen LogP contribution in [0.4, 0.5) is 4.39 Å². The van der Waals surface area contributed by atoms with Crippen molar-refractivity contribution in [2.75, 3.05) is 13.2 Å². The zero-order valence-electron chi connectivity index (χ0n) is 17.6. The summed E-state index contributed by atoms with van der Waals surface area (Å²) >= 11 is 0. The number of halogens is 1. The van der Waals surface area contributed by atoms with Crippen LogP contribution in [0.5, 0.6) is 0 Å². The fourth-order valence-corrected chi connectivity index (χ4v) is 4.62. The standard InChI is InChI=1S/C23H31FN2O4/c1-2-30-22(29)15-19-5-3-4-14-26(19)21(28)11-13-23(12-10-20(27)25-23)16-17-6-8-18(24)9-7-17/h6-9,19H,2-5,10-16H2,1H3,(H,25,27)/t19-,23+/m0/s1. The molecular weight excluding hydrogens is 387 g/mol. The highest BCUT2D eigenvalue weighted by Gasteiger charge is 2.39. The molecular formula is C23H31FN2O4. The Morgan fingerprint density at radius 1 is 1.27 bits per heavy atom. The Kier molecular flexibility index (Phi) is 7.45. The first-order chi connectivity index (χ1) is 14.4. The number of nitrogens with zero attached hydrogens (tertiary/aromatic N) is 1. The van der Waals surface area contributed by atoms with Crippen LogP contribution in [0.1, 0.15) is 63.9 Å². The molecule has 2 fully saturated rings. The van der Waals surface area contributed by atoms with Gasteiger partial charge in [0.05, 0.1) is 13.0 Å². The van der Waals surface area contributed by atoms with Gasteiger partial charge in [-0.15, -0.1) is 0 Å². The summed E-state index contributed by atoms with van der Waals surface area (Å²) in [6, 6.07) is 6.17. The molecule has 2 atom stereocenters. The lowest BCUT2D eigenvalue weighted by molar-refractivity contribution is -0.146. The van der Waals surface area contributed by atoms with Crippen LogP contribution in [0.2, 0.25) is 0 Å². The molecule has 0 spiro atoms. The summed E-state index contributed by atoms with van der Waals surface area (Å²) in [5.74, 6) is -0.555. The summed E-state index contributed by atoms with van der Waals surface area (Å²) in [6.45, 7) is 2.77. The maximum atomic E-state index is 13.2. The first kappa shape index (κ1) is 22.2. The van der Waals surface area contributed by atoms with E-state index < -0.39 is 5.54 Å². The van der Waals surface area contributed by atoms with Crippen molar-refractivity contribution in [1.29, 1.82) is 0 Å². The maximum Gasteiger partial charge on any atom is 0.307 e. The minimum Gasteiger partial charge on any atom is -0.466 e. The summed E-state index contributed by atoms with van der Waals surface area (Å²) in [5, 5.41) is 3.07. The quantitative estimate of drug-likeness (QED) is 0.658. The van der Waals surface area contributed by atoms with E-state index in [0.29, 0.717) is 45.3 Å². The summed E-state index contributed by atoms with van der Waals surface area (Å²) in [7, 11) is 0. The zero-order chi connectivity index (χ0) is 21.6. The van der Waals surface area contributed by atoms with Crippen molar-refractivity contribution in [3.8, 4) is 0 Å². The van der Waals surface area contributed by atoms with E-state index in [1.165, 1.54) is 12.1 Å². The van der Waals surface area contributed by atoms with Crippen LogP contribution in [-0.4, -0.2) is 47.4 Å². The van der Waals surface area contributed by atoms with Gasteiger partial charge in [0.2, 0.25) is 11.8 Å². The van der Waals surface area contributed by atoms with Crippen molar-refractivity contribution in [3.05, 3.63) is 35.6 Å². The van der Waals surface area contributed by atoms with Gasteiger partial charge in [-0.25, -0.2) is 4.39 Å². The number of carbonyl (C=O) groups is 3. The lowest BCUT2D eigenvalue weighted by Crippen LogP contribution is -2.47. The third-order valence-electron chi connectivity index (χ3n) is 6.16. The number of hydrogen-bond donors (Lipinski definition) is 1. The summed E-state index contributed by atoms with van der Waals surface area (Å²) in [5.41, 5.74) is 0.445. The van der Waals surface area contributed by atoms with Gasteiger partial charge >= 0.3 is 5.97 Å². The second kappa shape index (κ2) is 10.0. The second-order valence-corrected chi connectivity index (χ2v) is 8.38. The minimum atomic E-state index is -0.489. The van der Waals surface area contributed by atoms with Crippen LogP contribution in [0, 0.1) is 5.82 Å². The Bertz CT molecular complexity index is 767. The van der Waals surface area contributed by atoms with Crippen LogP contribution in [0.3, 0.4) is 0 Å². The highest BCUT2D eigenvalue weighted by molar-refractivity contribution is 5.81. The van der Waals surface area contributed by atoms with E-state index in [2.05, 4.69) is 5.32 Å². The number of carbonyl (C=O) groups excluding carboxylic acids is 3. The zero-order valence-corrected chi connectivity index (χ0v) is 17.6. The molecule has 2 aliphatic heterocycles. The highest BCUT2D eigenvalue weighted by Crippen LogP contribution is 2.31. The van der Waals surface area contributed by atoms with Crippen LogP contribution in [0.25, 0.3) is 0 Å². The van der Waals surface area contributed by atoms with E-state index in [1.807, 2.05) is 4.90 Å². The molecule has 1 aromatic rings. The molecule has 1 aromatic carbocycles. The van der Waals surface area contributed by atoms with E-state index in [4.69, 9.17) is 4.74 Å².